The quantitative estimate of drug-likeness (QED) is 0.895. The molecule has 1 aliphatic carbocycles. The number of rotatable bonds is 4. The Hall–Kier alpha value is -1.79. The second-order valence-electron chi connectivity index (χ2n) is 8.43. The van der Waals surface area contributed by atoms with Gasteiger partial charge in [0.2, 0.25) is 0 Å². The van der Waals surface area contributed by atoms with Gasteiger partial charge in [-0.15, -0.1) is 0 Å². The number of aryl methyl sites for hydroxylation is 2. The summed E-state index contributed by atoms with van der Waals surface area (Å²) in [6.45, 7) is 9.77. The summed E-state index contributed by atoms with van der Waals surface area (Å²) < 4.78 is 0. The maximum atomic E-state index is 4.60. The maximum absolute atomic E-state index is 4.60. The molecule has 2 aromatic rings. The smallest absolute Gasteiger partial charge is 0.165 e. The second-order valence-corrected chi connectivity index (χ2v) is 8.43. The van der Waals surface area contributed by atoms with Crippen LogP contribution in [0.25, 0.3) is 11.0 Å². The lowest BCUT2D eigenvalue weighted by Gasteiger charge is -2.49. The van der Waals surface area contributed by atoms with Gasteiger partial charge < -0.3 is 10.2 Å². The molecule has 0 bridgehead atoms. The first kappa shape index (κ1) is 18.6. The predicted octanol–water partition coefficient (Wildman–Crippen LogP) is 3.00. The molecule has 1 saturated carbocycles. The summed E-state index contributed by atoms with van der Waals surface area (Å²) in [5.74, 6) is 0.934. The summed E-state index contributed by atoms with van der Waals surface area (Å²) in [5, 5.41) is 4.78. The third-order valence-electron chi connectivity index (χ3n) is 6.47. The van der Waals surface area contributed by atoms with Crippen molar-refractivity contribution in [3.05, 3.63) is 23.7 Å². The molecule has 6 heteroatoms. The summed E-state index contributed by atoms with van der Waals surface area (Å²) in [5.41, 5.74) is 3.24. The fraction of sp³-hybridized carbons (Fsp3) is 0.667. The number of fused-ring (bicyclic) bond motifs is 1. The number of hydrogen-bond acceptors (Lipinski definition) is 6. The second kappa shape index (κ2) is 7.68. The number of nitrogens with zero attached hydrogens (tertiary/aromatic N) is 5. The van der Waals surface area contributed by atoms with Crippen molar-refractivity contribution >= 4 is 16.9 Å². The molecule has 0 radical (unpaired) electrons. The first-order chi connectivity index (χ1) is 13.1. The summed E-state index contributed by atoms with van der Waals surface area (Å²) in [6, 6.07) is 2.12. The zero-order valence-corrected chi connectivity index (χ0v) is 17.0. The molecule has 4 rings (SSSR count). The number of hydrogen-bond donors (Lipinski definition) is 1. The molecule has 3 heterocycles. The molecule has 0 atom stereocenters. The standard InChI is InChI=1S/C21H32N6/c1-16-13-17(2)25-20-18(16)19(23-15-24-20)22-14-21(7-5-4-6-8-21)27-11-9-26(3)10-12-27/h13,15H,4-12,14H2,1-3H3,(H,22,23,24,25). The van der Waals surface area contributed by atoms with Crippen molar-refractivity contribution in [1.82, 2.24) is 24.8 Å². The van der Waals surface area contributed by atoms with Crippen molar-refractivity contribution in [2.75, 3.05) is 45.1 Å². The normalized spacial score (nSPS) is 21.4. The number of anilines is 1. The molecular formula is C21H32N6. The highest BCUT2D eigenvalue weighted by molar-refractivity contribution is 5.89. The average molecular weight is 369 g/mol. The van der Waals surface area contributed by atoms with Gasteiger partial charge in [-0.05, 0) is 45.4 Å². The minimum Gasteiger partial charge on any atom is -0.368 e. The first-order valence-corrected chi connectivity index (χ1v) is 10.3. The highest BCUT2D eigenvalue weighted by atomic mass is 15.3. The molecule has 0 amide bonds. The third-order valence-corrected chi connectivity index (χ3v) is 6.47. The molecule has 1 N–H and O–H groups in total. The Kier molecular flexibility index (Phi) is 5.28. The van der Waals surface area contributed by atoms with Crippen LogP contribution in [0.15, 0.2) is 12.4 Å². The molecule has 0 unspecified atom stereocenters. The summed E-state index contributed by atoms with van der Waals surface area (Å²) in [6.07, 6.45) is 8.23. The van der Waals surface area contributed by atoms with Crippen LogP contribution in [0.3, 0.4) is 0 Å². The van der Waals surface area contributed by atoms with Crippen LogP contribution < -0.4 is 5.32 Å². The van der Waals surface area contributed by atoms with E-state index in [2.05, 4.69) is 50.1 Å². The van der Waals surface area contributed by atoms with E-state index in [1.807, 2.05) is 6.92 Å². The minimum atomic E-state index is 0.253. The van der Waals surface area contributed by atoms with Crippen LogP contribution in [-0.2, 0) is 0 Å². The van der Waals surface area contributed by atoms with Gasteiger partial charge in [0, 0.05) is 44.0 Å². The summed E-state index contributed by atoms with van der Waals surface area (Å²) in [4.78, 5) is 18.8. The molecule has 1 aliphatic heterocycles. The number of piperazine rings is 1. The summed E-state index contributed by atoms with van der Waals surface area (Å²) in [7, 11) is 2.23. The van der Waals surface area contributed by atoms with Crippen LogP contribution in [-0.4, -0.2) is 70.1 Å². The lowest BCUT2D eigenvalue weighted by molar-refractivity contribution is 0.0221. The molecule has 0 spiro atoms. The van der Waals surface area contributed by atoms with E-state index in [0.29, 0.717) is 0 Å². The van der Waals surface area contributed by atoms with Crippen molar-refractivity contribution in [2.45, 2.75) is 51.5 Å². The van der Waals surface area contributed by atoms with E-state index in [4.69, 9.17) is 0 Å². The molecule has 0 aromatic carbocycles. The van der Waals surface area contributed by atoms with E-state index in [1.165, 1.54) is 63.8 Å². The highest BCUT2D eigenvalue weighted by Crippen LogP contribution is 2.35. The molecule has 146 valence electrons. The van der Waals surface area contributed by atoms with E-state index in [1.54, 1.807) is 6.33 Å². The number of pyridine rings is 1. The monoisotopic (exact) mass is 368 g/mol. The Morgan fingerprint density at radius 2 is 1.78 bits per heavy atom. The van der Waals surface area contributed by atoms with Crippen molar-refractivity contribution in [3.63, 3.8) is 0 Å². The van der Waals surface area contributed by atoms with Gasteiger partial charge in [0.1, 0.15) is 12.1 Å². The predicted molar refractivity (Wildman–Crippen MR) is 110 cm³/mol. The highest BCUT2D eigenvalue weighted by Gasteiger charge is 2.39. The number of likely N-dealkylation sites (N-methyl/N-ethyl adjacent to an activating group) is 1. The zero-order chi connectivity index (χ0) is 18.9. The van der Waals surface area contributed by atoms with Gasteiger partial charge in [-0.3, -0.25) is 4.90 Å². The zero-order valence-electron chi connectivity index (χ0n) is 17.0. The van der Waals surface area contributed by atoms with E-state index in [-0.39, 0.29) is 5.54 Å². The lowest BCUT2D eigenvalue weighted by atomic mass is 9.79. The van der Waals surface area contributed by atoms with Crippen molar-refractivity contribution < 1.29 is 0 Å². The largest absolute Gasteiger partial charge is 0.368 e. The Labute approximate surface area is 162 Å². The number of aromatic nitrogens is 3. The Bertz CT molecular complexity index is 791. The number of nitrogens with one attached hydrogen (secondary N) is 1. The van der Waals surface area contributed by atoms with E-state index < -0.39 is 0 Å². The fourth-order valence-electron chi connectivity index (χ4n) is 4.89. The topological polar surface area (TPSA) is 57.2 Å². The van der Waals surface area contributed by atoms with Gasteiger partial charge in [-0.2, -0.15) is 0 Å². The van der Waals surface area contributed by atoms with Crippen LogP contribution in [0.5, 0.6) is 0 Å². The molecule has 27 heavy (non-hydrogen) atoms. The van der Waals surface area contributed by atoms with E-state index in [0.717, 1.165) is 29.1 Å². The Morgan fingerprint density at radius 3 is 2.52 bits per heavy atom. The molecule has 2 fully saturated rings. The third kappa shape index (κ3) is 3.78. The van der Waals surface area contributed by atoms with E-state index >= 15 is 0 Å². The molecule has 2 aliphatic rings. The minimum absolute atomic E-state index is 0.253. The van der Waals surface area contributed by atoms with Gasteiger partial charge in [-0.25, -0.2) is 15.0 Å². The van der Waals surface area contributed by atoms with Crippen LogP contribution in [0.4, 0.5) is 5.82 Å². The van der Waals surface area contributed by atoms with Gasteiger partial charge in [0.05, 0.1) is 5.39 Å². The molecule has 1 saturated heterocycles. The summed E-state index contributed by atoms with van der Waals surface area (Å²) >= 11 is 0. The lowest BCUT2D eigenvalue weighted by Crippen LogP contribution is -2.60. The van der Waals surface area contributed by atoms with E-state index in [9.17, 15) is 0 Å². The van der Waals surface area contributed by atoms with Crippen molar-refractivity contribution in [2.24, 2.45) is 0 Å². The SMILES string of the molecule is Cc1cc(C)c2c(NCC3(N4CCN(C)CC4)CCCCC3)ncnc2n1. The van der Waals surface area contributed by atoms with Gasteiger partial charge in [-0.1, -0.05) is 19.3 Å². The fourth-order valence-corrected chi connectivity index (χ4v) is 4.89. The van der Waals surface area contributed by atoms with Crippen LogP contribution in [0.2, 0.25) is 0 Å². The van der Waals surface area contributed by atoms with Crippen LogP contribution >= 0.6 is 0 Å². The van der Waals surface area contributed by atoms with Crippen molar-refractivity contribution in [3.8, 4) is 0 Å². The van der Waals surface area contributed by atoms with Crippen LogP contribution in [0.1, 0.15) is 43.4 Å². The average Bonchev–Trinajstić information content (AvgIpc) is 2.67. The molecule has 6 nitrogen and oxygen atoms in total. The first-order valence-electron chi connectivity index (χ1n) is 10.3. The van der Waals surface area contributed by atoms with Gasteiger partial charge in [0.25, 0.3) is 0 Å². The maximum Gasteiger partial charge on any atom is 0.165 e. The van der Waals surface area contributed by atoms with Crippen molar-refractivity contribution in [1.29, 1.82) is 0 Å². The molecule has 2 aromatic heterocycles. The van der Waals surface area contributed by atoms with Gasteiger partial charge in [0.15, 0.2) is 5.65 Å². The molecular weight excluding hydrogens is 336 g/mol. The van der Waals surface area contributed by atoms with Crippen LogP contribution in [0, 0.1) is 13.8 Å². The Morgan fingerprint density at radius 1 is 1.04 bits per heavy atom. The van der Waals surface area contributed by atoms with Gasteiger partial charge >= 0.3 is 0 Å². The Balaban J connectivity index is 1.59.